The van der Waals surface area contributed by atoms with Gasteiger partial charge in [0.25, 0.3) is 10.2 Å². The molecule has 1 aromatic rings. The van der Waals surface area contributed by atoms with Crippen LogP contribution in [0.4, 0.5) is 5.69 Å². The number of carbonyl (C=O) groups is 1. The van der Waals surface area contributed by atoms with Gasteiger partial charge in [-0.05, 0) is 37.1 Å². The highest BCUT2D eigenvalue weighted by Gasteiger charge is 2.38. The number of piperidine rings is 1. The molecule has 3 aliphatic heterocycles. The molecule has 3 heterocycles. The van der Waals surface area contributed by atoms with Crippen molar-refractivity contribution in [1.82, 2.24) is 13.5 Å². The first-order chi connectivity index (χ1) is 14.4. The zero-order valence-electron chi connectivity index (χ0n) is 17.1. The van der Waals surface area contributed by atoms with Crippen molar-refractivity contribution in [2.75, 3.05) is 70.5 Å². The molecular formula is C20H29ClN4O4S. The van der Waals surface area contributed by atoms with E-state index >= 15 is 0 Å². The first-order valence-electron chi connectivity index (χ1n) is 10.6. The predicted molar refractivity (Wildman–Crippen MR) is 116 cm³/mol. The number of ether oxygens (including phenoxy) is 1. The second-order valence-electron chi connectivity index (χ2n) is 8.01. The third kappa shape index (κ3) is 4.75. The maximum absolute atomic E-state index is 13.1. The van der Waals surface area contributed by atoms with Gasteiger partial charge in [-0.3, -0.25) is 4.79 Å². The van der Waals surface area contributed by atoms with E-state index in [1.165, 1.54) is 8.61 Å². The zero-order chi connectivity index (χ0) is 21.1. The lowest BCUT2D eigenvalue weighted by Crippen LogP contribution is -2.55. The van der Waals surface area contributed by atoms with Crippen LogP contribution in [0.25, 0.3) is 0 Å². The van der Waals surface area contributed by atoms with E-state index in [0.29, 0.717) is 57.4 Å². The molecule has 8 nitrogen and oxygen atoms in total. The summed E-state index contributed by atoms with van der Waals surface area (Å²) < 4.78 is 34.2. The van der Waals surface area contributed by atoms with Crippen molar-refractivity contribution in [2.24, 2.45) is 5.92 Å². The third-order valence-corrected chi connectivity index (χ3v) is 8.39. The van der Waals surface area contributed by atoms with E-state index in [1.54, 1.807) is 0 Å². The van der Waals surface area contributed by atoms with Crippen molar-refractivity contribution in [3.63, 3.8) is 0 Å². The van der Waals surface area contributed by atoms with E-state index in [2.05, 4.69) is 4.90 Å². The number of amides is 1. The molecule has 1 unspecified atom stereocenters. The van der Waals surface area contributed by atoms with E-state index in [0.717, 1.165) is 25.2 Å². The first-order valence-corrected chi connectivity index (χ1v) is 12.3. The fraction of sp³-hybridized carbons (Fsp3) is 0.650. The van der Waals surface area contributed by atoms with Crippen molar-refractivity contribution >= 4 is 33.4 Å². The maximum atomic E-state index is 13.1. The average Bonchev–Trinajstić information content (AvgIpc) is 2.80. The van der Waals surface area contributed by atoms with Crippen LogP contribution in [0.3, 0.4) is 0 Å². The van der Waals surface area contributed by atoms with Crippen LogP contribution in [0.15, 0.2) is 24.3 Å². The number of nitrogens with zero attached hydrogens (tertiary/aromatic N) is 4. The van der Waals surface area contributed by atoms with Crippen LogP contribution in [0, 0.1) is 5.92 Å². The van der Waals surface area contributed by atoms with Crippen molar-refractivity contribution < 1.29 is 17.9 Å². The number of piperazine rings is 1. The van der Waals surface area contributed by atoms with Gasteiger partial charge in [-0.15, -0.1) is 0 Å². The van der Waals surface area contributed by atoms with Gasteiger partial charge in [0.2, 0.25) is 5.91 Å². The molecule has 0 spiro atoms. The summed E-state index contributed by atoms with van der Waals surface area (Å²) in [6, 6.07) is 7.74. The minimum Gasteiger partial charge on any atom is -0.379 e. The topological polar surface area (TPSA) is 73.4 Å². The van der Waals surface area contributed by atoms with Gasteiger partial charge < -0.3 is 14.5 Å². The van der Waals surface area contributed by atoms with Gasteiger partial charge in [0.05, 0.1) is 19.1 Å². The minimum absolute atomic E-state index is 0.0765. The summed E-state index contributed by atoms with van der Waals surface area (Å²) >= 11 is 5.97. The zero-order valence-corrected chi connectivity index (χ0v) is 18.7. The molecule has 166 valence electrons. The van der Waals surface area contributed by atoms with Gasteiger partial charge in [0.1, 0.15) is 0 Å². The average molecular weight is 457 g/mol. The number of benzene rings is 1. The number of rotatable bonds is 4. The molecule has 1 aromatic carbocycles. The van der Waals surface area contributed by atoms with Crippen LogP contribution in [0.1, 0.15) is 12.8 Å². The quantitative estimate of drug-likeness (QED) is 0.682. The van der Waals surface area contributed by atoms with Crippen molar-refractivity contribution in [2.45, 2.75) is 12.8 Å². The lowest BCUT2D eigenvalue weighted by Gasteiger charge is -2.40. The molecule has 3 fully saturated rings. The molecule has 10 heteroatoms. The molecule has 0 radical (unpaired) electrons. The molecule has 3 saturated heterocycles. The van der Waals surface area contributed by atoms with Gasteiger partial charge in [-0.1, -0.05) is 11.6 Å². The molecule has 30 heavy (non-hydrogen) atoms. The Morgan fingerprint density at radius 1 is 0.933 bits per heavy atom. The lowest BCUT2D eigenvalue weighted by atomic mass is 9.97. The Hall–Kier alpha value is -1.39. The third-order valence-electron chi connectivity index (χ3n) is 6.14. The Bertz CT molecular complexity index is 837. The van der Waals surface area contributed by atoms with E-state index < -0.39 is 10.2 Å². The second-order valence-corrected chi connectivity index (χ2v) is 10.4. The molecule has 1 atom stereocenters. The molecule has 3 aliphatic rings. The summed E-state index contributed by atoms with van der Waals surface area (Å²) in [5.41, 5.74) is 1.10. The summed E-state index contributed by atoms with van der Waals surface area (Å²) in [6.07, 6.45) is 1.45. The number of anilines is 1. The molecular weight excluding hydrogens is 428 g/mol. The van der Waals surface area contributed by atoms with Gasteiger partial charge in [0, 0.05) is 63.1 Å². The molecule has 0 N–H and O–H groups in total. The number of halogens is 1. The second kappa shape index (κ2) is 9.40. The Labute approximate surface area is 183 Å². The standard InChI is InChI=1S/C20H29ClN4O4S/c21-18-3-5-19(6-4-18)22-8-10-23(11-9-22)20(26)17-2-1-7-25(16-17)30(27,28)24-12-14-29-15-13-24/h3-6,17H,1-2,7-16H2. The van der Waals surface area contributed by atoms with Crippen LogP contribution in [0.5, 0.6) is 0 Å². The summed E-state index contributed by atoms with van der Waals surface area (Å²) in [4.78, 5) is 17.3. The highest BCUT2D eigenvalue weighted by atomic mass is 35.5. The van der Waals surface area contributed by atoms with Crippen LogP contribution in [-0.4, -0.2) is 93.4 Å². The molecule has 0 bridgehead atoms. The van der Waals surface area contributed by atoms with E-state index in [4.69, 9.17) is 16.3 Å². The molecule has 4 rings (SSSR count). The van der Waals surface area contributed by atoms with Crippen LogP contribution in [0.2, 0.25) is 5.02 Å². The predicted octanol–water partition coefficient (Wildman–Crippen LogP) is 1.28. The Kier molecular flexibility index (Phi) is 6.84. The van der Waals surface area contributed by atoms with E-state index in [-0.39, 0.29) is 18.4 Å². The van der Waals surface area contributed by atoms with Crippen molar-refractivity contribution in [3.05, 3.63) is 29.3 Å². The fourth-order valence-corrected chi connectivity index (χ4v) is 6.18. The van der Waals surface area contributed by atoms with Crippen LogP contribution in [-0.2, 0) is 19.7 Å². The van der Waals surface area contributed by atoms with E-state index in [9.17, 15) is 13.2 Å². The Balaban J connectivity index is 1.34. The maximum Gasteiger partial charge on any atom is 0.282 e. The van der Waals surface area contributed by atoms with Gasteiger partial charge in [-0.2, -0.15) is 17.0 Å². The largest absolute Gasteiger partial charge is 0.379 e. The Morgan fingerprint density at radius 3 is 2.27 bits per heavy atom. The van der Waals surface area contributed by atoms with Crippen LogP contribution >= 0.6 is 11.6 Å². The fourth-order valence-electron chi connectivity index (χ4n) is 4.39. The molecule has 0 aliphatic carbocycles. The van der Waals surface area contributed by atoms with Crippen molar-refractivity contribution in [3.8, 4) is 0 Å². The van der Waals surface area contributed by atoms with E-state index in [1.807, 2.05) is 29.2 Å². The number of hydrogen-bond acceptors (Lipinski definition) is 5. The van der Waals surface area contributed by atoms with Crippen LogP contribution < -0.4 is 4.90 Å². The van der Waals surface area contributed by atoms with Crippen molar-refractivity contribution in [1.29, 1.82) is 0 Å². The number of carbonyl (C=O) groups excluding carboxylic acids is 1. The number of morpholine rings is 1. The summed E-state index contributed by atoms with van der Waals surface area (Å²) in [7, 11) is -3.53. The lowest BCUT2D eigenvalue weighted by molar-refractivity contribution is -0.137. The highest BCUT2D eigenvalue weighted by molar-refractivity contribution is 7.86. The van der Waals surface area contributed by atoms with Gasteiger partial charge >= 0.3 is 0 Å². The smallest absolute Gasteiger partial charge is 0.282 e. The minimum atomic E-state index is -3.53. The summed E-state index contributed by atoms with van der Waals surface area (Å²) in [5.74, 6) is -0.190. The monoisotopic (exact) mass is 456 g/mol. The molecule has 1 amide bonds. The number of hydrogen-bond donors (Lipinski definition) is 0. The van der Waals surface area contributed by atoms with Gasteiger partial charge in [-0.25, -0.2) is 0 Å². The summed E-state index contributed by atoms with van der Waals surface area (Å²) in [6.45, 7) is 5.17. The normalized spacial score (nSPS) is 24.8. The van der Waals surface area contributed by atoms with Gasteiger partial charge in [0.15, 0.2) is 0 Å². The highest BCUT2D eigenvalue weighted by Crippen LogP contribution is 2.25. The first kappa shape index (κ1) is 21.8. The summed E-state index contributed by atoms with van der Waals surface area (Å²) in [5, 5.41) is 0.710. The molecule has 0 aromatic heterocycles. The SMILES string of the molecule is O=C(C1CCCN(S(=O)(=O)N2CCOCC2)C1)N1CCN(c2ccc(Cl)cc2)CC1. The molecule has 0 saturated carbocycles. The Morgan fingerprint density at radius 2 is 1.60 bits per heavy atom.